The number of hydrogen-bond donors (Lipinski definition) is 1. The third-order valence-electron chi connectivity index (χ3n) is 5.16. The first-order valence-electron chi connectivity index (χ1n) is 9.10. The largest absolute Gasteiger partial charge is 0.440 e. The van der Waals surface area contributed by atoms with Crippen LogP contribution in [0.1, 0.15) is 36.3 Å². The molecule has 5 heteroatoms. The quantitative estimate of drug-likeness (QED) is 0.512. The molecule has 0 bridgehead atoms. The van der Waals surface area contributed by atoms with E-state index in [4.69, 9.17) is 10.5 Å². The highest BCUT2D eigenvalue weighted by Gasteiger charge is 2.36. The molecule has 1 aliphatic carbocycles. The summed E-state index contributed by atoms with van der Waals surface area (Å²) in [7, 11) is 0. The van der Waals surface area contributed by atoms with E-state index in [0.717, 1.165) is 56.2 Å². The van der Waals surface area contributed by atoms with Crippen LogP contribution in [0.4, 0.5) is 0 Å². The van der Waals surface area contributed by atoms with Crippen molar-refractivity contribution in [2.45, 2.75) is 25.2 Å². The molecule has 0 spiro atoms. The molecule has 4 rings (SSSR count). The van der Waals surface area contributed by atoms with Crippen molar-refractivity contribution >= 4 is 37.9 Å². The van der Waals surface area contributed by atoms with E-state index in [1.54, 1.807) is 0 Å². The molecule has 0 radical (unpaired) electrons. The van der Waals surface area contributed by atoms with Crippen LogP contribution in [0.3, 0.4) is 0 Å². The van der Waals surface area contributed by atoms with Crippen molar-refractivity contribution in [3.05, 3.63) is 97.0 Å². The Labute approximate surface area is 181 Å². The lowest BCUT2D eigenvalue weighted by molar-refractivity contribution is 0.277. The van der Waals surface area contributed by atoms with Crippen molar-refractivity contribution in [3.63, 3.8) is 0 Å². The number of rotatable bonds is 2. The summed E-state index contributed by atoms with van der Waals surface area (Å²) in [4.78, 5) is 0. The molecule has 1 aliphatic heterocycles. The molecule has 2 aromatic carbocycles. The summed E-state index contributed by atoms with van der Waals surface area (Å²) in [6.07, 6.45) is 4.96. The van der Waals surface area contributed by atoms with Gasteiger partial charge >= 0.3 is 0 Å². The van der Waals surface area contributed by atoms with Crippen LogP contribution in [0.25, 0.3) is 6.08 Å². The molecule has 0 amide bonds. The van der Waals surface area contributed by atoms with Gasteiger partial charge in [-0.05, 0) is 59.7 Å². The van der Waals surface area contributed by atoms with Gasteiger partial charge in [-0.3, -0.25) is 0 Å². The lowest BCUT2D eigenvalue weighted by Crippen LogP contribution is -2.24. The first-order valence-corrected chi connectivity index (χ1v) is 10.7. The summed E-state index contributed by atoms with van der Waals surface area (Å²) >= 11 is 7.26. The number of nitrogens with zero attached hydrogens (tertiary/aromatic N) is 1. The average Bonchev–Trinajstić information content (AvgIpc) is 2.70. The fourth-order valence-corrected chi connectivity index (χ4v) is 4.79. The molecule has 0 aromatic heterocycles. The van der Waals surface area contributed by atoms with Gasteiger partial charge in [0.15, 0.2) is 0 Å². The molecule has 2 aromatic rings. The molecule has 28 heavy (non-hydrogen) atoms. The van der Waals surface area contributed by atoms with Crippen LogP contribution in [-0.4, -0.2) is 0 Å². The Morgan fingerprint density at radius 3 is 2.46 bits per heavy atom. The minimum atomic E-state index is -0.188. The normalized spacial score (nSPS) is 20.6. The van der Waals surface area contributed by atoms with Gasteiger partial charge in [0.1, 0.15) is 17.4 Å². The maximum atomic E-state index is 9.79. The molecule has 2 N–H and O–H groups in total. The summed E-state index contributed by atoms with van der Waals surface area (Å²) in [5.41, 5.74) is 11.1. The molecule has 0 saturated carbocycles. The number of ether oxygens (including phenoxy) is 1. The van der Waals surface area contributed by atoms with Crippen molar-refractivity contribution in [2.75, 3.05) is 0 Å². The van der Waals surface area contributed by atoms with E-state index in [-0.39, 0.29) is 11.8 Å². The van der Waals surface area contributed by atoms with Gasteiger partial charge in [0.2, 0.25) is 5.88 Å². The summed E-state index contributed by atoms with van der Waals surface area (Å²) < 4.78 is 8.03. The minimum absolute atomic E-state index is 0.188. The van der Waals surface area contributed by atoms with Gasteiger partial charge < -0.3 is 10.5 Å². The van der Waals surface area contributed by atoms with E-state index >= 15 is 0 Å². The number of halogens is 2. The molecular weight excluding hydrogens is 480 g/mol. The van der Waals surface area contributed by atoms with Crippen molar-refractivity contribution in [1.29, 1.82) is 5.26 Å². The highest BCUT2D eigenvalue weighted by molar-refractivity contribution is 9.10. The van der Waals surface area contributed by atoms with E-state index in [0.29, 0.717) is 5.57 Å². The predicted octanol–water partition coefficient (Wildman–Crippen LogP) is 6.54. The maximum Gasteiger partial charge on any atom is 0.205 e. The third kappa shape index (κ3) is 3.43. The summed E-state index contributed by atoms with van der Waals surface area (Å²) in [5, 5.41) is 9.79. The molecule has 140 valence electrons. The first-order chi connectivity index (χ1) is 13.6. The van der Waals surface area contributed by atoms with E-state index in [2.05, 4.69) is 50.1 Å². The van der Waals surface area contributed by atoms with Crippen LogP contribution >= 0.6 is 31.9 Å². The van der Waals surface area contributed by atoms with Crippen molar-refractivity contribution in [1.82, 2.24) is 0 Å². The number of nitriles is 1. The van der Waals surface area contributed by atoms with Gasteiger partial charge in [0.25, 0.3) is 0 Å². The molecule has 0 saturated heterocycles. The van der Waals surface area contributed by atoms with E-state index < -0.39 is 0 Å². The topological polar surface area (TPSA) is 59.0 Å². The second kappa shape index (κ2) is 7.98. The minimum Gasteiger partial charge on any atom is -0.440 e. The molecule has 1 heterocycles. The van der Waals surface area contributed by atoms with Gasteiger partial charge in [-0.2, -0.15) is 5.26 Å². The zero-order chi connectivity index (χ0) is 19.7. The second-order valence-electron chi connectivity index (χ2n) is 6.85. The zero-order valence-corrected chi connectivity index (χ0v) is 18.3. The van der Waals surface area contributed by atoms with Crippen LogP contribution in [0, 0.1) is 11.3 Å². The van der Waals surface area contributed by atoms with Crippen molar-refractivity contribution in [3.8, 4) is 6.07 Å². The van der Waals surface area contributed by atoms with Crippen LogP contribution in [0.15, 0.2) is 85.8 Å². The number of nitrogens with two attached hydrogens (primary N) is 1. The molecule has 1 atom stereocenters. The second-order valence-corrected chi connectivity index (χ2v) is 8.55. The Morgan fingerprint density at radius 1 is 1.04 bits per heavy atom. The molecule has 1 unspecified atom stereocenters. The summed E-state index contributed by atoms with van der Waals surface area (Å²) in [6.45, 7) is 0. The Hall–Kier alpha value is -2.29. The Morgan fingerprint density at radius 2 is 1.75 bits per heavy atom. The zero-order valence-electron chi connectivity index (χ0n) is 15.1. The van der Waals surface area contributed by atoms with Crippen LogP contribution < -0.4 is 5.73 Å². The lowest BCUT2D eigenvalue weighted by atomic mass is 9.77. The third-order valence-corrected chi connectivity index (χ3v) is 6.61. The van der Waals surface area contributed by atoms with Gasteiger partial charge in [-0.25, -0.2) is 0 Å². The van der Waals surface area contributed by atoms with Gasteiger partial charge in [-0.1, -0.05) is 68.3 Å². The first kappa shape index (κ1) is 19.0. The van der Waals surface area contributed by atoms with Gasteiger partial charge in [0, 0.05) is 8.95 Å². The lowest BCUT2D eigenvalue weighted by Gasteiger charge is -2.33. The molecule has 3 nitrogen and oxygen atoms in total. The van der Waals surface area contributed by atoms with Crippen LogP contribution in [0.5, 0.6) is 0 Å². The fraction of sp³-hybridized carbons (Fsp3) is 0.174. The summed E-state index contributed by atoms with van der Waals surface area (Å²) in [5.74, 6) is 0.827. The van der Waals surface area contributed by atoms with E-state index in [1.165, 1.54) is 0 Å². The van der Waals surface area contributed by atoms with E-state index in [9.17, 15) is 5.26 Å². The molecular formula is C23H18Br2N2O. The Balaban J connectivity index is 1.88. The maximum absolute atomic E-state index is 9.79. The highest BCUT2D eigenvalue weighted by atomic mass is 79.9. The number of hydrogen-bond acceptors (Lipinski definition) is 3. The smallest absolute Gasteiger partial charge is 0.205 e. The Bertz CT molecular complexity index is 1080. The van der Waals surface area contributed by atoms with E-state index in [1.807, 2.05) is 42.5 Å². The van der Waals surface area contributed by atoms with Crippen molar-refractivity contribution < 1.29 is 4.74 Å². The predicted molar refractivity (Wildman–Crippen MR) is 118 cm³/mol. The fourth-order valence-electron chi connectivity index (χ4n) is 3.88. The molecule has 2 aliphatic rings. The number of benzene rings is 2. The highest BCUT2D eigenvalue weighted by Crippen LogP contribution is 2.48. The van der Waals surface area contributed by atoms with Crippen molar-refractivity contribution in [2.24, 2.45) is 5.73 Å². The van der Waals surface area contributed by atoms with Gasteiger partial charge in [0.05, 0.1) is 5.92 Å². The van der Waals surface area contributed by atoms with Gasteiger partial charge in [-0.15, -0.1) is 0 Å². The van der Waals surface area contributed by atoms with Crippen LogP contribution in [-0.2, 0) is 4.74 Å². The van der Waals surface area contributed by atoms with Crippen LogP contribution in [0.2, 0.25) is 0 Å². The SMILES string of the molecule is N#CC1=C(N)OC2=C(CCCC2=Cc2ccccc2Br)C1c1ccccc1Br. The monoisotopic (exact) mass is 496 g/mol. The summed E-state index contributed by atoms with van der Waals surface area (Å²) in [6, 6.07) is 18.4. The standard InChI is InChI=1S/C23H18Br2N2O/c24-19-10-3-1-6-14(19)12-15-7-5-9-17-21(16-8-2-4-11-20(16)25)18(13-26)23(27)28-22(15)17/h1-4,6,8,10-12,21H,5,7,9,27H2. The number of allylic oxidation sites excluding steroid dienone is 3. The average molecular weight is 498 g/mol. The Kier molecular flexibility index (Phi) is 5.43. The molecule has 0 fully saturated rings.